The van der Waals surface area contributed by atoms with Crippen LogP contribution >= 0.6 is 0 Å². The number of fused-ring (bicyclic) bond motifs is 1. The first-order valence-corrected chi connectivity index (χ1v) is 8.45. The maximum atomic E-state index is 12.6. The predicted molar refractivity (Wildman–Crippen MR) is 75.4 cm³/mol. The number of rotatable bonds is 2. The summed E-state index contributed by atoms with van der Waals surface area (Å²) in [5.41, 5.74) is 2.46. The second-order valence-electron chi connectivity index (χ2n) is 5.37. The molecule has 0 aliphatic carbocycles. The fourth-order valence-electron chi connectivity index (χ4n) is 2.98. The lowest BCUT2D eigenvalue weighted by Gasteiger charge is -2.24. The molecule has 0 saturated carbocycles. The molecule has 0 bridgehead atoms. The van der Waals surface area contributed by atoms with Crippen LogP contribution in [0.3, 0.4) is 0 Å². The van der Waals surface area contributed by atoms with E-state index in [0.717, 1.165) is 31.4 Å². The maximum absolute atomic E-state index is 12.6. The Morgan fingerprint density at radius 2 is 2.00 bits per heavy atom. The van der Waals surface area contributed by atoms with Crippen molar-refractivity contribution in [2.45, 2.75) is 31.1 Å². The molecular weight excluding hydrogens is 260 g/mol. The van der Waals surface area contributed by atoms with Crippen LogP contribution in [0.2, 0.25) is 0 Å². The van der Waals surface area contributed by atoms with Crippen LogP contribution in [-0.4, -0.2) is 37.6 Å². The van der Waals surface area contributed by atoms with Gasteiger partial charge in [0.2, 0.25) is 10.0 Å². The fraction of sp³-hybridized carbons (Fsp3) is 0.571. The number of sulfonamides is 1. The van der Waals surface area contributed by atoms with E-state index in [1.807, 2.05) is 12.1 Å². The van der Waals surface area contributed by atoms with Gasteiger partial charge in [-0.25, -0.2) is 8.42 Å². The Bertz CT molecular complexity index is 550. The molecule has 4 nitrogen and oxygen atoms in total. The minimum Gasteiger partial charge on any atom is -0.315 e. The molecule has 3 rings (SSSR count). The lowest BCUT2D eigenvalue weighted by molar-refractivity contribution is 0.403. The van der Waals surface area contributed by atoms with Gasteiger partial charge in [0, 0.05) is 19.6 Å². The molecule has 1 N–H and O–H groups in total. The summed E-state index contributed by atoms with van der Waals surface area (Å²) in [7, 11) is -3.16. The zero-order valence-corrected chi connectivity index (χ0v) is 11.8. The van der Waals surface area contributed by atoms with E-state index in [2.05, 4.69) is 17.4 Å². The number of nitrogens with one attached hydrogen (secondary N) is 1. The number of hydrogen-bond donors (Lipinski definition) is 1. The third kappa shape index (κ3) is 2.55. The SMILES string of the molecule is O=S(=O)(C1CCNC1)N1CCCc2ccccc2C1. The summed E-state index contributed by atoms with van der Waals surface area (Å²) >= 11 is 0. The van der Waals surface area contributed by atoms with Crippen molar-refractivity contribution in [3.8, 4) is 0 Å². The molecule has 1 aromatic carbocycles. The molecule has 1 unspecified atom stereocenters. The second-order valence-corrected chi connectivity index (χ2v) is 7.58. The molecule has 0 radical (unpaired) electrons. The highest BCUT2D eigenvalue weighted by atomic mass is 32.2. The van der Waals surface area contributed by atoms with Crippen molar-refractivity contribution < 1.29 is 8.42 Å². The summed E-state index contributed by atoms with van der Waals surface area (Å²) in [5, 5.41) is 2.91. The van der Waals surface area contributed by atoms with Crippen LogP contribution < -0.4 is 5.32 Å². The van der Waals surface area contributed by atoms with Crippen molar-refractivity contribution >= 4 is 10.0 Å². The Morgan fingerprint density at radius 1 is 1.21 bits per heavy atom. The maximum Gasteiger partial charge on any atom is 0.218 e. The van der Waals surface area contributed by atoms with Gasteiger partial charge in [-0.3, -0.25) is 0 Å². The van der Waals surface area contributed by atoms with Gasteiger partial charge in [-0.05, 0) is 36.9 Å². The van der Waals surface area contributed by atoms with E-state index in [9.17, 15) is 8.42 Å². The molecule has 2 aliphatic heterocycles. The summed E-state index contributed by atoms with van der Waals surface area (Å²) in [4.78, 5) is 0. The zero-order valence-electron chi connectivity index (χ0n) is 11.0. The Kier molecular flexibility index (Phi) is 3.60. The third-order valence-electron chi connectivity index (χ3n) is 4.11. The van der Waals surface area contributed by atoms with Crippen LogP contribution in [0.15, 0.2) is 24.3 Å². The number of nitrogens with zero attached hydrogens (tertiary/aromatic N) is 1. The standard InChI is InChI=1S/C14H20N2O2S/c17-19(18,14-7-8-15-10-14)16-9-3-6-12-4-1-2-5-13(12)11-16/h1-2,4-5,14-15H,3,6-11H2. The second kappa shape index (κ2) is 5.23. The van der Waals surface area contributed by atoms with E-state index in [1.54, 1.807) is 4.31 Å². The molecule has 104 valence electrons. The number of hydrogen-bond acceptors (Lipinski definition) is 3. The van der Waals surface area contributed by atoms with Crippen LogP contribution in [0.1, 0.15) is 24.0 Å². The molecule has 1 saturated heterocycles. The van der Waals surface area contributed by atoms with Gasteiger partial charge in [0.15, 0.2) is 0 Å². The summed E-state index contributed by atoms with van der Waals surface area (Å²) in [6, 6.07) is 8.19. The molecular formula is C14H20N2O2S. The van der Waals surface area contributed by atoms with Gasteiger partial charge < -0.3 is 5.32 Å². The van der Waals surface area contributed by atoms with E-state index < -0.39 is 10.0 Å². The Hall–Kier alpha value is -0.910. The van der Waals surface area contributed by atoms with Gasteiger partial charge in [-0.15, -0.1) is 0 Å². The quantitative estimate of drug-likeness (QED) is 0.883. The van der Waals surface area contributed by atoms with Crippen molar-refractivity contribution in [3.05, 3.63) is 35.4 Å². The molecule has 0 spiro atoms. The minimum atomic E-state index is -3.16. The summed E-state index contributed by atoms with van der Waals surface area (Å²) in [5.74, 6) is 0. The van der Waals surface area contributed by atoms with Crippen molar-refractivity contribution in [1.29, 1.82) is 0 Å². The smallest absolute Gasteiger partial charge is 0.218 e. The van der Waals surface area contributed by atoms with E-state index in [1.165, 1.54) is 5.56 Å². The molecule has 0 aromatic heterocycles. The molecule has 2 aliphatic rings. The van der Waals surface area contributed by atoms with Crippen molar-refractivity contribution in [3.63, 3.8) is 0 Å². The van der Waals surface area contributed by atoms with Gasteiger partial charge in [0.25, 0.3) is 0 Å². The van der Waals surface area contributed by atoms with Gasteiger partial charge in [0.05, 0.1) is 5.25 Å². The van der Waals surface area contributed by atoms with Crippen LogP contribution in [0.25, 0.3) is 0 Å². The average Bonchev–Trinajstić information content (AvgIpc) is 2.85. The predicted octanol–water partition coefficient (Wildman–Crippen LogP) is 1.13. The first-order chi connectivity index (χ1) is 9.18. The summed E-state index contributed by atoms with van der Waals surface area (Å²) in [6.45, 7) is 2.59. The molecule has 19 heavy (non-hydrogen) atoms. The van der Waals surface area contributed by atoms with Gasteiger partial charge in [0.1, 0.15) is 0 Å². The lowest BCUT2D eigenvalue weighted by Crippen LogP contribution is -2.39. The Labute approximate surface area is 114 Å². The van der Waals surface area contributed by atoms with Crippen molar-refractivity contribution in [2.24, 2.45) is 0 Å². The molecule has 1 atom stereocenters. The monoisotopic (exact) mass is 280 g/mol. The van der Waals surface area contributed by atoms with E-state index in [4.69, 9.17) is 0 Å². The van der Waals surface area contributed by atoms with E-state index in [-0.39, 0.29) is 5.25 Å². The van der Waals surface area contributed by atoms with Crippen LogP contribution in [-0.2, 0) is 23.0 Å². The highest BCUT2D eigenvalue weighted by Gasteiger charge is 2.34. The Morgan fingerprint density at radius 3 is 2.74 bits per heavy atom. The normalized spacial score (nSPS) is 24.9. The Balaban J connectivity index is 1.86. The average molecular weight is 280 g/mol. The molecule has 5 heteroatoms. The highest BCUT2D eigenvalue weighted by Crippen LogP contribution is 2.24. The third-order valence-corrected chi connectivity index (χ3v) is 6.39. The molecule has 1 fully saturated rings. The number of benzene rings is 1. The molecule has 0 amide bonds. The molecule has 1 aromatic rings. The topological polar surface area (TPSA) is 49.4 Å². The van der Waals surface area contributed by atoms with E-state index in [0.29, 0.717) is 19.6 Å². The van der Waals surface area contributed by atoms with Crippen molar-refractivity contribution in [1.82, 2.24) is 9.62 Å². The lowest BCUT2D eigenvalue weighted by atomic mass is 10.0. The van der Waals surface area contributed by atoms with Crippen molar-refractivity contribution in [2.75, 3.05) is 19.6 Å². The fourth-order valence-corrected chi connectivity index (χ4v) is 4.85. The van der Waals surface area contributed by atoms with Gasteiger partial charge in [-0.2, -0.15) is 4.31 Å². The number of aryl methyl sites for hydroxylation is 1. The van der Waals surface area contributed by atoms with Crippen LogP contribution in [0, 0.1) is 0 Å². The molecule has 2 heterocycles. The van der Waals surface area contributed by atoms with E-state index >= 15 is 0 Å². The van der Waals surface area contributed by atoms with Crippen LogP contribution in [0.4, 0.5) is 0 Å². The summed E-state index contributed by atoms with van der Waals surface area (Å²) < 4.78 is 27.0. The zero-order chi connectivity index (χ0) is 13.3. The highest BCUT2D eigenvalue weighted by molar-refractivity contribution is 7.89. The first kappa shape index (κ1) is 13.1. The van der Waals surface area contributed by atoms with Gasteiger partial charge >= 0.3 is 0 Å². The largest absolute Gasteiger partial charge is 0.315 e. The summed E-state index contributed by atoms with van der Waals surface area (Å²) in [6.07, 6.45) is 2.63. The minimum absolute atomic E-state index is 0.238. The first-order valence-electron chi connectivity index (χ1n) is 6.94. The van der Waals surface area contributed by atoms with Gasteiger partial charge in [-0.1, -0.05) is 24.3 Å². The van der Waals surface area contributed by atoms with Crippen LogP contribution in [0.5, 0.6) is 0 Å².